The van der Waals surface area contributed by atoms with Gasteiger partial charge in [-0.25, -0.2) is 8.78 Å². The molecule has 1 aliphatic carbocycles. The number of aryl methyl sites for hydroxylation is 2. The molecule has 0 nitrogen and oxygen atoms in total. The molecule has 0 bridgehead atoms. The third-order valence-electron chi connectivity index (χ3n) is 6.00. The molecule has 2 heteroatoms. The molecule has 0 N–H and O–H groups in total. The number of fused-ring (bicyclic) bond motifs is 1. The summed E-state index contributed by atoms with van der Waals surface area (Å²) < 4.78 is 29.5. The number of hydrogen-bond donors (Lipinski definition) is 0. The molecule has 0 saturated heterocycles. The molecule has 1 saturated carbocycles. The van der Waals surface area contributed by atoms with Crippen LogP contribution >= 0.6 is 0 Å². The van der Waals surface area contributed by atoms with Crippen LogP contribution in [-0.2, 0) is 0 Å². The van der Waals surface area contributed by atoms with Gasteiger partial charge in [0, 0.05) is 5.39 Å². The fourth-order valence-electron chi connectivity index (χ4n) is 4.09. The van der Waals surface area contributed by atoms with Crippen LogP contribution in [-0.4, -0.2) is 0 Å². The van der Waals surface area contributed by atoms with Crippen LogP contribution in [0.5, 0.6) is 0 Å². The van der Waals surface area contributed by atoms with Gasteiger partial charge in [-0.3, -0.25) is 0 Å². The second-order valence-corrected chi connectivity index (χ2v) is 7.51. The predicted molar refractivity (Wildman–Crippen MR) is 92.9 cm³/mol. The third-order valence-corrected chi connectivity index (χ3v) is 6.00. The molecule has 1 fully saturated rings. The van der Waals surface area contributed by atoms with Crippen molar-refractivity contribution in [1.82, 2.24) is 0 Å². The molecule has 23 heavy (non-hydrogen) atoms. The predicted octanol–water partition coefficient (Wildman–Crippen LogP) is 6.66. The van der Waals surface area contributed by atoms with Crippen molar-refractivity contribution in [3.05, 3.63) is 46.5 Å². The van der Waals surface area contributed by atoms with Gasteiger partial charge in [-0.2, -0.15) is 0 Å². The molecule has 0 aliphatic heterocycles. The molecule has 124 valence electrons. The summed E-state index contributed by atoms with van der Waals surface area (Å²) in [6.45, 7) is 8.14. The van der Waals surface area contributed by atoms with Gasteiger partial charge < -0.3 is 0 Å². The molecule has 0 amide bonds. The van der Waals surface area contributed by atoms with E-state index in [-0.39, 0.29) is 5.92 Å². The van der Waals surface area contributed by atoms with Crippen LogP contribution in [0.3, 0.4) is 0 Å². The first-order valence-corrected chi connectivity index (χ1v) is 8.78. The lowest BCUT2D eigenvalue weighted by Gasteiger charge is -2.31. The Hall–Kier alpha value is -1.44. The van der Waals surface area contributed by atoms with Crippen LogP contribution in [0.25, 0.3) is 10.8 Å². The topological polar surface area (TPSA) is 0 Å². The van der Waals surface area contributed by atoms with E-state index in [0.717, 1.165) is 35.3 Å². The van der Waals surface area contributed by atoms with Crippen molar-refractivity contribution < 1.29 is 8.78 Å². The van der Waals surface area contributed by atoms with E-state index in [1.165, 1.54) is 12.8 Å². The molecule has 0 spiro atoms. The summed E-state index contributed by atoms with van der Waals surface area (Å²) in [7, 11) is 0. The zero-order valence-corrected chi connectivity index (χ0v) is 14.5. The van der Waals surface area contributed by atoms with Crippen LogP contribution in [0.2, 0.25) is 0 Å². The molecule has 1 unspecified atom stereocenters. The van der Waals surface area contributed by atoms with Crippen molar-refractivity contribution in [2.45, 2.75) is 59.3 Å². The Morgan fingerprint density at radius 3 is 2.30 bits per heavy atom. The summed E-state index contributed by atoms with van der Waals surface area (Å²) >= 11 is 0. The van der Waals surface area contributed by atoms with Gasteiger partial charge in [0.1, 0.15) is 0 Å². The van der Waals surface area contributed by atoms with Crippen LogP contribution in [0.1, 0.15) is 62.1 Å². The Morgan fingerprint density at radius 2 is 1.65 bits per heavy atom. The van der Waals surface area contributed by atoms with Gasteiger partial charge in [-0.05, 0) is 72.6 Å². The van der Waals surface area contributed by atoms with Crippen molar-refractivity contribution in [3.63, 3.8) is 0 Å². The lowest BCUT2D eigenvalue weighted by molar-refractivity contribution is 0.258. The van der Waals surface area contributed by atoms with Crippen molar-refractivity contribution in [1.29, 1.82) is 0 Å². The van der Waals surface area contributed by atoms with Gasteiger partial charge in [-0.1, -0.05) is 38.8 Å². The highest BCUT2D eigenvalue weighted by Gasteiger charge is 2.28. The van der Waals surface area contributed by atoms with Crippen molar-refractivity contribution in [2.75, 3.05) is 0 Å². The Labute approximate surface area is 137 Å². The first-order valence-electron chi connectivity index (χ1n) is 8.78. The van der Waals surface area contributed by atoms with Crippen molar-refractivity contribution in [2.24, 2.45) is 11.8 Å². The van der Waals surface area contributed by atoms with Gasteiger partial charge in [-0.15, -0.1) is 0 Å². The summed E-state index contributed by atoms with van der Waals surface area (Å²) in [5.74, 6) is -0.0126. The Kier molecular flexibility index (Phi) is 4.44. The number of hydrogen-bond acceptors (Lipinski definition) is 0. The third kappa shape index (κ3) is 2.88. The highest BCUT2D eigenvalue weighted by atomic mass is 19.2. The van der Waals surface area contributed by atoms with Gasteiger partial charge in [0.25, 0.3) is 0 Å². The minimum absolute atomic E-state index is 0.0722. The summed E-state index contributed by atoms with van der Waals surface area (Å²) in [5, 5.41) is 1.26. The molecule has 2 aromatic rings. The maximum atomic E-state index is 14.8. The second kappa shape index (κ2) is 6.22. The van der Waals surface area contributed by atoms with Crippen molar-refractivity contribution >= 4 is 10.8 Å². The van der Waals surface area contributed by atoms with Gasteiger partial charge in [0.2, 0.25) is 0 Å². The zero-order valence-electron chi connectivity index (χ0n) is 14.5. The molecule has 2 aromatic carbocycles. The average Bonchev–Trinajstić information content (AvgIpc) is 2.54. The number of halogens is 2. The van der Waals surface area contributed by atoms with Gasteiger partial charge in [0.05, 0.1) is 0 Å². The highest BCUT2D eigenvalue weighted by molar-refractivity contribution is 5.88. The van der Waals surface area contributed by atoms with E-state index in [4.69, 9.17) is 0 Å². The van der Waals surface area contributed by atoms with E-state index in [0.29, 0.717) is 16.9 Å². The number of rotatable bonds is 2. The molecule has 3 rings (SSSR count). The summed E-state index contributed by atoms with van der Waals surface area (Å²) in [6.07, 6.45) is 4.64. The minimum atomic E-state index is -0.672. The summed E-state index contributed by atoms with van der Waals surface area (Å²) in [4.78, 5) is 0. The monoisotopic (exact) mass is 316 g/mol. The molecular weight excluding hydrogens is 290 g/mol. The first kappa shape index (κ1) is 16.4. The van der Waals surface area contributed by atoms with Crippen LogP contribution < -0.4 is 0 Å². The average molecular weight is 316 g/mol. The summed E-state index contributed by atoms with van der Waals surface area (Å²) in [5.41, 5.74) is 2.39. The molecule has 0 heterocycles. The van der Waals surface area contributed by atoms with E-state index < -0.39 is 11.6 Å². The van der Waals surface area contributed by atoms with Gasteiger partial charge >= 0.3 is 0 Å². The highest BCUT2D eigenvalue weighted by Crippen LogP contribution is 2.40. The quantitative estimate of drug-likeness (QED) is 0.581. The lowest BCUT2D eigenvalue weighted by Crippen LogP contribution is -2.19. The van der Waals surface area contributed by atoms with Crippen LogP contribution in [0.15, 0.2) is 18.2 Å². The van der Waals surface area contributed by atoms with E-state index in [2.05, 4.69) is 13.8 Å². The smallest absolute Gasteiger partial charge is 0.167 e. The van der Waals surface area contributed by atoms with Crippen LogP contribution in [0, 0.1) is 37.3 Å². The molecule has 1 aliphatic rings. The number of benzene rings is 2. The Morgan fingerprint density at radius 1 is 1.00 bits per heavy atom. The Balaban J connectivity index is 2.05. The normalized spacial score (nSPS) is 23.2. The molecule has 0 aromatic heterocycles. The molecular formula is C21H26F2. The fraction of sp³-hybridized carbons (Fsp3) is 0.524. The van der Waals surface area contributed by atoms with E-state index in [1.54, 1.807) is 0 Å². The van der Waals surface area contributed by atoms with Crippen LogP contribution in [0.4, 0.5) is 8.78 Å². The van der Waals surface area contributed by atoms with Crippen molar-refractivity contribution in [3.8, 4) is 0 Å². The van der Waals surface area contributed by atoms with E-state index in [1.807, 2.05) is 32.0 Å². The standard InChI is InChI=1S/C21H26F2/c1-12-5-8-16(9-6-12)15(4)18-11-17-10-7-13(2)14(3)19(17)21(23)20(18)22/h7,10-12,15-16H,5-6,8-9H2,1-4H3. The zero-order chi connectivity index (χ0) is 16.7. The fourth-order valence-corrected chi connectivity index (χ4v) is 4.09. The van der Waals surface area contributed by atoms with E-state index >= 15 is 0 Å². The minimum Gasteiger partial charge on any atom is -0.203 e. The second-order valence-electron chi connectivity index (χ2n) is 7.51. The molecule has 0 radical (unpaired) electrons. The van der Waals surface area contributed by atoms with Gasteiger partial charge in [0.15, 0.2) is 11.6 Å². The van der Waals surface area contributed by atoms with E-state index in [9.17, 15) is 8.78 Å². The maximum Gasteiger partial charge on any atom is 0.167 e. The lowest BCUT2D eigenvalue weighted by atomic mass is 9.74. The SMILES string of the molecule is Cc1ccc2cc(C(C)C3CCC(C)CC3)c(F)c(F)c2c1C. The Bertz CT molecular complexity index is 724. The summed E-state index contributed by atoms with van der Waals surface area (Å²) in [6, 6.07) is 5.79. The first-order chi connectivity index (χ1) is 10.9. The molecule has 1 atom stereocenters. The maximum absolute atomic E-state index is 14.8. The largest absolute Gasteiger partial charge is 0.203 e.